The minimum Gasteiger partial charge on any atom is -0.504 e. The van der Waals surface area contributed by atoms with Crippen LogP contribution in [0.1, 0.15) is 45.1 Å². The third-order valence-electron chi connectivity index (χ3n) is 3.35. The molecule has 1 rings (SSSR count). The number of hydrogen-bond donors (Lipinski definition) is 2. The lowest BCUT2D eigenvalue weighted by Gasteiger charge is -2.08. The van der Waals surface area contributed by atoms with Crippen LogP contribution in [-0.4, -0.2) is 18.1 Å². The summed E-state index contributed by atoms with van der Waals surface area (Å²) < 4.78 is 5.04. The monoisotopic (exact) mass is 305 g/mol. The molecule has 0 bridgehead atoms. The summed E-state index contributed by atoms with van der Waals surface area (Å²) in [5, 5.41) is 12.4. The van der Waals surface area contributed by atoms with Crippen molar-refractivity contribution in [2.24, 2.45) is 5.92 Å². The first-order valence-electron chi connectivity index (χ1n) is 7.80. The predicted octanol–water partition coefficient (Wildman–Crippen LogP) is 3.79. The fraction of sp³-hybridized carbons (Fsp3) is 0.500. The Morgan fingerprint density at radius 3 is 2.73 bits per heavy atom. The first-order chi connectivity index (χ1) is 10.5. The van der Waals surface area contributed by atoms with Crippen molar-refractivity contribution in [1.29, 1.82) is 0 Å². The topological polar surface area (TPSA) is 58.6 Å². The molecule has 0 saturated carbocycles. The summed E-state index contributed by atoms with van der Waals surface area (Å²) in [6.07, 6.45) is 7.75. The quantitative estimate of drug-likeness (QED) is 0.682. The number of nitrogens with one attached hydrogen (secondary N) is 1. The van der Waals surface area contributed by atoms with Crippen LogP contribution < -0.4 is 10.1 Å². The van der Waals surface area contributed by atoms with Gasteiger partial charge >= 0.3 is 0 Å². The first kappa shape index (κ1) is 18.1. The minimum atomic E-state index is 0.0283. The molecule has 0 unspecified atom stereocenters. The highest BCUT2D eigenvalue weighted by molar-refractivity contribution is 5.76. The van der Waals surface area contributed by atoms with Gasteiger partial charge in [-0.05, 0) is 42.9 Å². The number of allylic oxidation sites excluding steroid dienone is 2. The zero-order chi connectivity index (χ0) is 16.4. The number of phenols is 1. The number of aromatic hydroxyl groups is 1. The van der Waals surface area contributed by atoms with E-state index in [1.165, 1.54) is 13.5 Å². The molecule has 0 radical (unpaired) electrons. The highest BCUT2D eigenvalue weighted by atomic mass is 16.5. The third kappa shape index (κ3) is 7.16. The summed E-state index contributed by atoms with van der Waals surface area (Å²) >= 11 is 0. The number of benzene rings is 1. The molecular weight excluding hydrogens is 278 g/mol. The molecule has 22 heavy (non-hydrogen) atoms. The van der Waals surface area contributed by atoms with Gasteiger partial charge in [-0.2, -0.15) is 0 Å². The molecule has 1 amide bonds. The molecular formula is C18H27NO3. The summed E-state index contributed by atoms with van der Waals surface area (Å²) in [6.45, 7) is 4.85. The van der Waals surface area contributed by atoms with E-state index in [9.17, 15) is 9.90 Å². The van der Waals surface area contributed by atoms with Crippen molar-refractivity contribution < 1.29 is 14.6 Å². The van der Waals surface area contributed by atoms with Gasteiger partial charge in [0, 0.05) is 13.0 Å². The van der Waals surface area contributed by atoms with Gasteiger partial charge in [-0.3, -0.25) is 4.79 Å². The molecule has 0 aliphatic carbocycles. The summed E-state index contributed by atoms with van der Waals surface area (Å²) in [6, 6.07) is 5.06. The predicted molar refractivity (Wildman–Crippen MR) is 89.0 cm³/mol. The zero-order valence-corrected chi connectivity index (χ0v) is 13.8. The molecule has 122 valence electrons. The number of carbonyl (C=O) groups is 1. The molecule has 0 saturated heterocycles. The average molecular weight is 305 g/mol. The molecule has 0 fully saturated rings. The number of ether oxygens (including phenoxy) is 1. The average Bonchev–Trinajstić information content (AvgIpc) is 2.49. The van der Waals surface area contributed by atoms with E-state index < -0.39 is 0 Å². The van der Waals surface area contributed by atoms with E-state index in [-0.39, 0.29) is 11.7 Å². The van der Waals surface area contributed by atoms with Gasteiger partial charge in [0.1, 0.15) is 0 Å². The number of phenolic OH excluding ortho intramolecular Hbond substituents is 1. The smallest absolute Gasteiger partial charge is 0.220 e. The van der Waals surface area contributed by atoms with Crippen molar-refractivity contribution in [3.05, 3.63) is 35.9 Å². The van der Waals surface area contributed by atoms with E-state index in [0.29, 0.717) is 18.7 Å². The van der Waals surface area contributed by atoms with Crippen LogP contribution in [0.2, 0.25) is 0 Å². The molecule has 0 atom stereocenters. The van der Waals surface area contributed by atoms with Crippen molar-refractivity contribution in [3.63, 3.8) is 0 Å². The highest BCUT2D eigenvalue weighted by Gasteiger charge is 2.04. The van der Waals surface area contributed by atoms with Crippen LogP contribution in [0.3, 0.4) is 0 Å². The van der Waals surface area contributed by atoms with E-state index in [0.717, 1.165) is 24.3 Å². The van der Waals surface area contributed by atoms with Crippen molar-refractivity contribution in [3.8, 4) is 11.5 Å². The second-order valence-corrected chi connectivity index (χ2v) is 5.76. The van der Waals surface area contributed by atoms with Crippen LogP contribution in [0.15, 0.2) is 30.4 Å². The fourth-order valence-electron chi connectivity index (χ4n) is 2.00. The van der Waals surface area contributed by atoms with Crippen molar-refractivity contribution in [2.75, 3.05) is 7.11 Å². The Labute approximate surface area is 133 Å². The normalized spacial score (nSPS) is 11.1. The Bertz CT molecular complexity index is 495. The van der Waals surface area contributed by atoms with Crippen molar-refractivity contribution in [1.82, 2.24) is 5.32 Å². The van der Waals surface area contributed by atoms with Gasteiger partial charge < -0.3 is 15.2 Å². The molecule has 2 N–H and O–H groups in total. The van der Waals surface area contributed by atoms with Crippen LogP contribution in [0.25, 0.3) is 0 Å². The molecule has 0 spiro atoms. The Hall–Kier alpha value is -1.97. The van der Waals surface area contributed by atoms with Gasteiger partial charge in [0.15, 0.2) is 11.5 Å². The lowest BCUT2D eigenvalue weighted by atomic mass is 10.1. The third-order valence-corrected chi connectivity index (χ3v) is 3.35. The number of amides is 1. The van der Waals surface area contributed by atoms with Crippen LogP contribution in [-0.2, 0) is 11.3 Å². The molecule has 4 heteroatoms. The van der Waals surface area contributed by atoms with E-state index in [4.69, 9.17) is 4.74 Å². The Morgan fingerprint density at radius 2 is 2.05 bits per heavy atom. The maximum Gasteiger partial charge on any atom is 0.220 e. The molecule has 1 aromatic rings. The van der Waals surface area contributed by atoms with Crippen LogP contribution >= 0.6 is 0 Å². The molecule has 1 aromatic carbocycles. The van der Waals surface area contributed by atoms with Crippen LogP contribution in [0, 0.1) is 5.92 Å². The summed E-state index contributed by atoms with van der Waals surface area (Å²) in [5.74, 6) is 1.26. The fourth-order valence-corrected chi connectivity index (χ4v) is 2.00. The minimum absolute atomic E-state index is 0.0283. The Balaban J connectivity index is 2.26. The largest absolute Gasteiger partial charge is 0.504 e. The van der Waals surface area contributed by atoms with Crippen molar-refractivity contribution in [2.45, 2.75) is 46.1 Å². The second-order valence-electron chi connectivity index (χ2n) is 5.76. The van der Waals surface area contributed by atoms with E-state index in [2.05, 4.69) is 31.3 Å². The molecule has 0 aliphatic heterocycles. The molecule has 0 aromatic heterocycles. The molecule has 0 heterocycles. The number of rotatable bonds is 9. The number of carbonyl (C=O) groups excluding carboxylic acids is 1. The summed E-state index contributed by atoms with van der Waals surface area (Å²) in [5.41, 5.74) is 0.899. The van der Waals surface area contributed by atoms with Gasteiger partial charge in [0.25, 0.3) is 0 Å². The van der Waals surface area contributed by atoms with Gasteiger partial charge in [-0.15, -0.1) is 0 Å². The SMILES string of the molecule is COc1cc(CNC(=O)CCC=CCCC(C)C)ccc1O. The van der Waals surface area contributed by atoms with Gasteiger partial charge in [0.05, 0.1) is 7.11 Å². The lowest BCUT2D eigenvalue weighted by molar-refractivity contribution is -0.121. The van der Waals surface area contributed by atoms with E-state index in [1.54, 1.807) is 18.2 Å². The lowest BCUT2D eigenvalue weighted by Crippen LogP contribution is -2.22. The zero-order valence-electron chi connectivity index (χ0n) is 13.8. The number of methoxy groups -OCH3 is 1. The summed E-state index contributed by atoms with van der Waals surface area (Å²) in [7, 11) is 1.50. The molecule has 0 aliphatic rings. The van der Waals surface area contributed by atoms with Gasteiger partial charge in [-0.25, -0.2) is 0 Å². The van der Waals surface area contributed by atoms with Crippen LogP contribution in [0.4, 0.5) is 0 Å². The van der Waals surface area contributed by atoms with Crippen LogP contribution in [0.5, 0.6) is 11.5 Å². The van der Waals surface area contributed by atoms with Crippen molar-refractivity contribution >= 4 is 5.91 Å². The van der Waals surface area contributed by atoms with Gasteiger partial charge in [0.2, 0.25) is 5.91 Å². The Morgan fingerprint density at radius 1 is 1.32 bits per heavy atom. The Kier molecular flexibility index (Phi) is 8.11. The van der Waals surface area contributed by atoms with E-state index >= 15 is 0 Å². The first-order valence-corrected chi connectivity index (χ1v) is 7.80. The maximum absolute atomic E-state index is 11.8. The summed E-state index contributed by atoms with van der Waals surface area (Å²) in [4.78, 5) is 11.8. The number of hydrogen-bond acceptors (Lipinski definition) is 3. The molecule has 4 nitrogen and oxygen atoms in total. The van der Waals surface area contributed by atoms with Gasteiger partial charge in [-0.1, -0.05) is 32.1 Å². The second kappa shape index (κ2) is 9.87. The highest BCUT2D eigenvalue weighted by Crippen LogP contribution is 2.26. The van der Waals surface area contributed by atoms with E-state index in [1.807, 2.05) is 0 Å². The standard InChI is InChI=1S/C18H27NO3/c1-14(2)8-6-4-5-7-9-18(21)19-13-15-10-11-16(20)17(12-15)22-3/h4-5,10-12,14,20H,6-9,13H2,1-3H3,(H,19,21). The maximum atomic E-state index is 11.8.